The molecule has 2 aromatic heterocycles. The lowest BCUT2D eigenvalue weighted by Crippen LogP contribution is -2.44. The van der Waals surface area contributed by atoms with Crippen LogP contribution in [0, 0.1) is 0 Å². The van der Waals surface area contributed by atoms with Gasteiger partial charge >= 0.3 is 0 Å². The third kappa shape index (κ3) is 5.47. The Balaban J connectivity index is 1.37. The highest BCUT2D eigenvalue weighted by atomic mass is 16.5. The minimum absolute atomic E-state index is 0.260. The van der Waals surface area contributed by atoms with Crippen LogP contribution < -0.4 is 15.4 Å². The molecule has 1 aliphatic heterocycles. The predicted molar refractivity (Wildman–Crippen MR) is 123 cm³/mol. The van der Waals surface area contributed by atoms with Crippen LogP contribution >= 0.6 is 0 Å². The lowest BCUT2D eigenvalue weighted by molar-refractivity contribution is 0.164. The van der Waals surface area contributed by atoms with Crippen LogP contribution in [0.3, 0.4) is 0 Å². The van der Waals surface area contributed by atoms with Gasteiger partial charge in [-0.1, -0.05) is 18.6 Å². The maximum absolute atomic E-state index is 5.34. The van der Waals surface area contributed by atoms with Crippen LogP contribution in [-0.2, 0) is 6.54 Å². The van der Waals surface area contributed by atoms with E-state index in [1.807, 2.05) is 24.3 Å². The van der Waals surface area contributed by atoms with Gasteiger partial charge in [-0.3, -0.25) is 15.0 Å². The number of likely N-dealkylation sites (tertiary alicyclic amines) is 1. The van der Waals surface area contributed by atoms with E-state index in [1.165, 1.54) is 24.8 Å². The smallest absolute Gasteiger partial charge is 0.216 e. The van der Waals surface area contributed by atoms with E-state index in [9.17, 15) is 0 Å². The number of aliphatic imine (C=N–C) groups is 1. The number of rotatable bonds is 8. The first kappa shape index (κ1) is 21.9. The molecule has 0 saturated carbocycles. The quantitative estimate of drug-likeness (QED) is 0.368. The van der Waals surface area contributed by atoms with Gasteiger partial charge in [0.05, 0.1) is 26.0 Å². The van der Waals surface area contributed by atoms with Gasteiger partial charge < -0.3 is 19.8 Å². The number of hydrogen-bond acceptors (Lipinski definition) is 6. The topological polar surface area (TPSA) is 104 Å². The van der Waals surface area contributed by atoms with E-state index in [-0.39, 0.29) is 6.04 Å². The number of nitrogens with zero attached hydrogens (tertiary/aromatic N) is 4. The Kier molecular flexibility index (Phi) is 7.39. The Morgan fingerprint density at radius 1 is 1.19 bits per heavy atom. The summed E-state index contributed by atoms with van der Waals surface area (Å²) in [4.78, 5) is 11.4. The lowest BCUT2D eigenvalue weighted by atomic mass is 10.0. The van der Waals surface area contributed by atoms with Crippen molar-refractivity contribution < 1.29 is 9.15 Å². The summed E-state index contributed by atoms with van der Waals surface area (Å²) in [6.07, 6.45) is 5.39. The number of methoxy groups -OCH3 is 1. The van der Waals surface area contributed by atoms with Crippen molar-refractivity contribution in [2.45, 2.75) is 31.8 Å². The second-order valence-corrected chi connectivity index (χ2v) is 7.78. The Bertz CT molecular complexity index is 976. The molecule has 1 aliphatic rings. The molecular formula is C23H31N7O2. The first-order valence-corrected chi connectivity index (χ1v) is 11.0. The fourth-order valence-corrected chi connectivity index (χ4v) is 3.99. The normalized spacial score (nSPS) is 16.0. The Morgan fingerprint density at radius 2 is 2.00 bits per heavy atom. The van der Waals surface area contributed by atoms with Crippen LogP contribution in [0.1, 0.15) is 36.7 Å². The third-order valence-electron chi connectivity index (χ3n) is 5.72. The van der Waals surface area contributed by atoms with E-state index in [2.05, 4.69) is 47.8 Å². The van der Waals surface area contributed by atoms with Crippen LogP contribution in [0.15, 0.2) is 52.1 Å². The second-order valence-electron chi connectivity index (χ2n) is 7.78. The number of guanidine groups is 1. The number of piperidine rings is 1. The average molecular weight is 438 g/mol. The molecule has 1 atom stereocenters. The lowest BCUT2D eigenvalue weighted by Gasteiger charge is -2.35. The molecule has 1 saturated heterocycles. The molecule has 3 heterocycles. The number of benzene rings is 1. The van der Waals surface area contributed by atoms with Crippen LogP contribution in [0.2, 0.25) is 0 Å². The minimum atomic E-state index is 0.260. The fourth-order valence-electron chi connectivity index (χ4n) is 3.99. The molecule has 9 nitrogen and oxygen atoms in total. The summed E-state index contributed by atoms with van der Waals surface area (Å²) >= 11 is 0. The van der Waals surface area contributed by atoms with Crippen LogP contribution in [0.5, 0.6) is 5.75 Å². The van der Waals surface area contributed by atoms with Crippen molar-refractivity contribution in [1.29, 1.82) is 0 Å². The first-order chi connectivity index (χ1) is 15.8. The van der Waals surface area contributed by atoms with E-state index >= 15 is 0 Å². The molecule has 32 heavy (non-hydrogen) atoms. The Hall–Kier alpha value is -3.33. The molecule has 1 aromatic carbocycles. The molecule has 0 amide bonds. The summed E-state index contributed by atoms with van der Waals surface area (Å²) in [5.41, 5.74) is 1.27. The van der Waals surface area contributed by atoms with Crippen molar-refractivity contribution in [3.8, 4) is 17.3 Å². The SMILES string of the molecule is CN=C(NCc1nc(-c2ccco2)n[nH]1)NCC(c1ccc(OC)cc1)N1CCCCC1. The van der Waals surface area contributed by atoms with Crippen molar-refractivity contribution in [3.05, 3.63) is 54.0 Å². The molecule has 4 rings (SSSR count). The highest BCUT2D eigenvalue weighted by Crippen LogP contribution is 2.26. The summed E-state index contributed by atoms with van der Waals surface area (Å²) in [6.45, 7) is 3.44. The fraction of sp³-hybridized carbons (Fsp3) is 0.435. The summed E-state index contributed by atoms with van der Waals surface area (Å²) in [6, 6.07) is 12.3. The number of ether oxygens (including phenoxy) is 1. The van der Waals surface area contributed by atoms with Crippen LogP contribution in [-0.4, -0.2) is 59.8 Å². The van der Waals surface area contributed by atoms with Gasteiger partial charge in [0.2, 0.25) is 5.82 Å². The monoisotopic (exact) mass is 437 g/mol. The molecule has 0 radical (unpaired) electrons. The van der Waals surface area contributed by atoms with E-state index < -0.39 is 0 Å². The molecule has 3 aromatic rings. The van der Waals surface area contributed by atoms with Crippen molar-refractivity contribution in [3.63, 3.8) is 0 Å². The van der Waals surface area contributed by atoms with Gasteiger partial charge in [-0.2, -0.15) is 0 Å². The number of furan rings is 1. The number of aromatic nitrogens is 3. The number of H-pyrrole nitrogens is 1. The first-order valence-electron chi connectivity index (χ1n) is 11.0. The number of nitrogens with one attached hydrogen (secondary N) is 3. The standard InChI is InChI=1S/C23H31N7O2/c1-24-23(26-16-21-27-22(29-28-21)20-7-6-14-32-20)25-15-19(30-12-4-3-5-13-30)17-8-10-18(31-2)11-9-17/h6-11,14,19H,3-5,12-13,15-16H2,1-2H3,(H2,24,25,26)(H,27,28,29). The maximum atomic E-state index is 5.34. The van der Waals surface area contributed by atoms with Crippen molar-refractivity contribution >= 4 is 5.96 Å². The summed E-state index contributed by atoms with van der Waals surface area (Å²) in [5, 5.41) is 13.9. The molecule has 1 fully saturated rings. The van der Waals surface area contributed by atoms with Crippen LogP contribution in [0.25, 0.3) is 11.6 Å². The molecule has 1 unspecified atom stereocenters. The predicted octanol–water partition coefficient (Wildman–Crippen LogP) is 2.97. The zero-order valence-corrected chi connectivity index (χ0v) is 18.7. The van der Waals surface area contributed by atoms with Crippen molar-refractivity contribution in [1.82, 2.24) is 30.7 Å². The number of aromatic amines is 1. The molecule has 170 valence electrons. The van der Waals surface area contributed by atoms with Crippen molar-refractivity contribution in [2.75, 3.05) is 33.8 Å². The van der Waals surface area contributed by atoms with E-state index in [4.69, 9.17) is 9.15 Å². The minimum Gasteiger partial charge on any atom is -0.497 e. The van der Waals surface area contributed by atoms with Gasteiger partial charge in [0.15, 0.2) is 11.7 Å². The van der Waals surface area contributed by atoms with Gasteiger partial charge in [0, 0.05) is 13.6 Å². The summed E-state index contributed by atoms with van der Waals surface area (Å²) < 4.78 is 10.7. The van der Waals surface area contributed by atoms with Gasteiger partial charge in [-0.15, -0.1) is 5.10 Å². The molecule has 0 aliphatic carbocycles. The maximum Gasteiger partial charge on any atom is 0.216 e. The molecule has 0 spiro atoms. The van der Waals surface area contributed by atoms with E-state index in [1.54, 1.807) is 20.4 Å². The Morgan fingerprint density at radius 3 is 2.69 bits per heavy atom. The van der Waals surface area contributed by atoms with E-state index in [0.29, 0.717) is 24.0 Å². The van der Waals surface area contributed by atoms with Gasteiger partial charge in [-0.25, -0.2) is 4.98 Å². The Labute approximate surface area is 188 Å². The van der Waals surface area contributed by atoms with Gasteiger partial charge in [-0.05, 0) is 55.8 Å². The molecule has 9 heteroatoms. The largest absolute Gasteiger partial charge is 0.497 e. The highest BCUT2D eigenvalue weighted by Gasteiger charge is 2.22. The third-order valence-corrected chi connectivity index (χ3v) is 5.72. The average Bonchev–Trinajstić information content (AvgIpc) is 3.54. The van der Waals surface area contributed by atoms with Gasteiger partial charge in [0.25, 0.3) is 0 Å². The molecule has 0 bridgehead atoms. The molecular weight excluding hydrogens is 406 g/mol. The van der Waals surface area contributed by atoms with Gasteiger partial charge in [0.1, 0.15) is 11.6 Å². The summed E-state index contributed by atoms with van der Waals surface area (Å²) in [5.74, 6) is 3.48. The zero-order valence-electron chi connectivity index (χ0n) is 18.7. The van der Waals surface area contributed by atoms with E-state index in [0.717, 1.165) is 31.3 Å². The second kappa shape index (κ2) is 10.8. The number of hydrogen-bond donors (Lipinski definition) is 3. The summed E-state index contributed by atoms with van der Waals surface area (Å²) in [7, 11) is 3.47. The van der Waals surface area contributed by atoms with Crippen LogP contribution in [0.4, 0.5) is 0 Å². The molecule has 3 N–H and O–H groups in total. The van der Waals surface area contributed by atoms with Crippen molar-refractivity contribution in [2.24, 2.45) is 4.99 Å². The zero-order chi connectivity index (χ0) is 22.2. The highest BCUT2D eigenvalue weighted by molar-refractivity contribution is 5.79.